The molecule has 1 amide bonds. The van der Waals surface area contributed by atoms with Crippen LogP contribution in [0.4, 0.5) is 0 Å². The number of hydrogen-bond acceptors (Lipinski definition) is 4. The Bertz CT molecular complexity index is 411. The zero-order chi connectivity index (χ0) is 13.0. The summed E-state index contributed by atoms with van der Waals surface area (Å²) in [4.78, 5) is 13.0. The van der Waals surface area contributed by atoms with Crippen molar-refractivity contribution in [2.24, 2.45) is 0 Å². The van der Waals surface area contributed by atoms with E-state index >= 15 is 0 Å². The molecule has 0 radical (unpaired) electrons. The molecule has 0 aliphatic carbocycles. The van der Waals surface area contributed by atoms with Gasteiger partial charge in [-0.2, -0.15) is 0 Å². The molecule has 2 rings (SSSR count). The second-order valence-corrected chi connectivity index (χ2v) is 6.10. The van der Waals surface area contributed by atoms with Crippen molar-refractivity contribution in [1.82, 2.24) is 10.6 Å². The first kappa shape index (κ1) is 13.8. The molecular formula is C12H17ClN2O2S. The second kappa shape index (κ2) is 6.52. The average Bonchev–Trinajstić information content (AvgIpc) is 2.98. The number of methoxy groups -OCH3 is 1. The molecule has 0 aromatic carbocycles. The predicted molar refractivity (Wildman–Crippen MR) is 73.2 cm³/mol. The third-order valence-corrected chi connectivity index (χ3v) is 4.33. The maximum absolute atomic E-state index is 11.9. The van der Waals surface area contributed by atoms with Crippen molar-refractivity contribution in [3.8, 4) is 0 Å². The summed E-state index contributed by atoms with van der Waals surface area (Å²) in [5.74, 6) is 0.0530. The molecule has 18 heavy (non-hydrogen) atoms. The smallest absolute Gasteiger partial charge is 0.237 e. The fourth-order valence-corrected chi connectivity index (χ4v) is 3.09. The number of ether oxygens (including phenoxy) is 1. The highest BCUT2D eigenvalue weighted by molar-refractivity contribution is 7.16. The largest absolute Gasteiger partial charge is 0.380 e. The molecule has 1 aromatic heterocycles. The van der Waals surface area contributed by atoms with Gasteiger partial charge in [0.2, 0.25) is 5.91 Å². The van der Waals surface area contributed by atoms with Crippen LogP contribution in [0.2, 0.25) is 4.34 Å². The molecule has 2 atom stereocenters. The standard InChI is InChI=1S/C12H17ClN2O2S/c1-17-8-6-10(15-7-8)12(16)14-5-4-9-2-3-11(13)18-9/h2-3,8,10,15H,4-7H2,1H3,(H,14,16). The summed E-state index contributed by atoms with van der Waals surface area (Å²) in [6.45, 7) is 1.39. The maximum atomic E-state index is 11.9. The van der Waals surface area contributed by atoms with Gasteiger partial charge in [-0.1, -0.05) is 11.6 Å². The number of amides is 1. The maximum Gasteiger partial charge on any atom is 0.237 e. The second-order valence-electron chi connectivity index (χ2n) is 4.30. The van der Waals surface area contributed by atoms with Crippen LogP contribution in [0.3, 0.4) is 0 Å². The molecule has 4 nitrogen and oxygen atoms in total. The summed E-state index contributed by atoms with van der Waals surface area (Å²) in [6, 6.07) is 3.75. The van der Waals surface area contributed by atoms with E-state index in [0.29, 0.717) is 6.54 Å². The molecule has 1 fully saturated rings. The van der Waals surface area contributed by atoms with Crippen LogP contribution in [-0.2, 0) is 16.0 Å². The van der Waals surface area contributed by atoms with Gasteiger partial charge < -0.3 is 15.4 Å². The van der Waals surface area contributed by atoms with Gasteiger partial charge in [-0.05, 0) is 25.0 Å². The molecule has 0 saturated carbocycles. The van der Waals surface area contributed by atoms with Gasteiger partial charge in [0.05, 0.1) is 16.5 Å². The molecule has 0 bridgehead atoms. The lowest BCUT2D eigenvalue weighted by molar-refractivity contribution is -0.122. The first-order valence-electron chi connectivity index (χ1n) is 5.97. The monoisotopic (exact) mass is 288 g/mol. The number of hydrogen-bond donors (Lipinski definition) is 2. The predicted octanol–water partition coefficient (Wildman–Crippen LogP) is 1.44. The highest BCUT2D eigenvalue weighted by atomic mass is 35.5. The molecule has 1 aliphatic rings. The summed E-state index contributed by atoms with van der Waals surface area (Å²) in [5, 5.41) is 6.09. The molecule has 2 heterocycles. The number of thiophene rings is 1. The molecule has 1 aliphatic heterocycles. The number of rotatable bonds is 5. The topological polar surface area (TPSA) is 50.4 Å². The van der Waals surface area contributed by atoms with Gasteiger partial charge in [-0.15, -0.1) is 11.3 Å². The number of carbonyl (C=O) groups is 1. The number of nitrogens with one attached hydrogen (secondary N) is 2. The van der Waals surface area contributed by atoms with Gasteiger partial charge in [0.25, 0.3) is 0 Å². The fourth-order valence-electron chi connectivity index (χ4n) is 2.00. The van der Waals surface area contributed by atoms with E-state index < -0.39 is 0 Å². The number of carbonyl (C=O) groups excluding carboxylic acids is 1. The van der Waals surface area contributed by atoms with Crippen molar-refractivity contribution < 1.29 is 9.53 Å². The van der Waals surface area contributed by atoms with Gasteiger partial charge in [-0.25, -0.2) is 0 Å². The Morgan fingerprint density at radius 1 is 1.67 bits per heavy atom. The van der Waals surface area contributed by atoms with Crippen molar-refractivity contribution in [3.05, 3.63) is 21.3 Å². The van der Waals surface area contributed by atoms with E-state index in [-0.39, 0.29) is 18.1 Å². The van der Waals surface area contributed by atoms with Crippen molar-refractivity contribution in [2.45, 2.75) is 25.0 Å². The summed E-state index contributed by atoms with van der Waals surface area (Å²) < 4.78 is 6.00. The first-order chi connectivity index (χ1) is 8.69. The molecule has 2 N–H and O–H groups in total. The zero-order valence-corrected chi connectivity index (χ0v) is 11.8. The molecule has 6 heteroatoms. The van der Waals surface area contributed by atoms with E-state index in [9.17, 15) is 4.79 Å². The van der Waals surface area contributed by atoms with Crippen LogP contribution in [0.25, 0.3) is 0 Å². The minimum Gasteiger partial charge on any atom is -0.380 e. The van der Waals surface area contributed by atoms with Crippen molar-refractivity contribution in [1.29, 1.82) is 0 Å². The van der Waals surface area contributed by atoms with E-state index in [1.165, 1.54) is 4.88 Å². The first-order valence-corrected chi connectivity index (χ1v) is 7.16. The van der Waals surface area contributed by atoms with Crippen molar-refractivity contribution in [3.63, 3.8) is 0 Å². The lowest BCUT2D eigenvalue weighted by Crippen LogP contribution is -2.41. The zero-order valence-electron chi connectivity index (χ0n) is 10.2. The van der Waals surface area contributed by atoms with Crippen LogP contribution in [-0.4, -0.2) is 38.3 Å². The van der Waals surface area contributed by atoms with E-state index in [2.05, 4.69) is 10.6 Å². The number of halogens is 1. The van der Waals surface area contributed by atoms with Gasteiger partial charge >= 0.3 is 0 Å². The Morgan fingerprint density at radius 2 is 2.50 bits per heavy atom. The summed E-state index contributed by atoms with van der Waals surface area (Å²) in [7, 11) is 1.67. The van der Waals surface area contributed by atoms with Crippen molar-refractivity contribution >= 4 is 28.8 Å². The SMILES string of the molecule is COC1CNC(C(=O)NCCc2ccc(Cl)s2)C1. The van der Waals surface area contributed by atoms with E-state index in [0.717, 1.165) is 23.7 Å². The third-order valence-electron chi connectivity index (χ3n) is 3.04. The normalized spacial score (nSPS) is 23.2. The van der Waals surface area contributed by atoms with Gasteiger partial charge in [0.1, 0.15) is 0 Å². The molecule has 100 valence electrons. The van der Waals surface area contributed by atoms with Crippen LogP contribution in [0.1, 0.15) is 11.3 Å². The van der Waals surface area contributed by atoms with Gasteiger partial charge in [0.15, 0.2) is 0 Å². The van der Waals surface area contributed by atoms with Crippen LogP contribution >= 0.6 is 22.9 Å². The third kappa shape index (κ3) is 3.68. The van der Waals surface area contributed by atoms with Crippen LogP contribution in [0.5, 0.6) is 0 Å². The Hall–Kier alpha value is -0.620. The van der Waals surface area contributed by atoms with Gasteiger partial charge in [0, 0.05) is 25.1 Å². The average molecular weight is 289 g/mol. The molecular weight excluding hydrogens is 272 g/mol. The quantitative estimate of drug-likeness (QED) is 0.862. The Balaban J connectivity index is 1.69. The molecule has 1 saturated heterocycles. The Kier molecular flexibility index (Phi) is 5.00. The minimum absolute atomic E-state index is 0.0530. The van der Waals surface area contributed by atoms with Crippen LogP contribution < -0.4 is 10.6 Å². The molecule has 0 spiro atoms. The summed E-state index contributed by atoms with van der Waals surface area (Å²) in [6.07, 6.45) is 1.72. The molecule has 2 unspecified atom stereocenters. The van der Waals surface area contributed by atoms with E-state index in [4.69, 9.17) is 16.3 Å². The lowest BCUT2D eigenvalue weighted by atomic mass is 10.2. The highest BCUT2D eigenvalue weighted by Crippen LogP contribution is 2.21. The van der Waals surface area contributed by atoms with E-state index in [1.807, 2.05) is 12.1 Å². The molecule has 1 aromatic rings. The van der Waals surface area contributed by atoms with Gasteiger partial charge in [-0.3, -0.25) is 4.79 Å². The van der Waals surface area contributed by atoms with E-state index in [1.54, 1.807) is 18.4 Å². The lowest BCUT2D eigenvalue weighted by Gasteiger charge is -2.10. The van der Waals surface area contributed by atoms with Crippen LogP contribution in [0, 0.1) is 0 Å². The Morgan fingerprint density at radius 3 is 3.11 bits per heavy atom. The highest BCUT2D eigenvalue weighted by Gasteiger charge is 2.28. The fraction of sp³-hybridized carbons (Fsp3) is 0.583. The van der Waals surface area contributed by atoms with Crippen LogP contribution in [0.15, 0.2) is 12.1 Å². The van der Waals surface area contributed by atoms with Crippen molar-refractivity contribution in [2.75, 3.05) is 20.2 Å². The minimum atomic E-state index is -0.123. The Labute approximate surface area is 116 Å². The summed E-state index contributed by atoms with van der Waals surface area (Å²) >= 11 is 7.40. The summed E-state index contributed by atoms with van der Waals surface area (Å²) in [5.41, 5.74) is 0.